The summed E-state index contributed by atoms with van der Waals surface area (Å²) in [5.74, 6) is -0.310. The molecule has 84 valence electrons. The first kappa shape index (κ1) is 12.3. The molecule has 1 rings (SSSR count). The van der Waals surface area contributed by atoms with Crippen LogP contribution < -0.4 is 5.32 Å². The average Bonchev–Trinajstić information content (AvgIpc) is 2.14. The van der Waals surface area contributed by atoms with E-state index in [1.165, 1.54) is 6.07 Å². The first-order valence-electron chi connectivity index (χ1n) is 4.70. The lowest BCUT2D eigenvalue weighted by Gasteiger charge is -2.25. The minimum Gasteiger partial charge on any atom is -0.394 e. The van der Waals surface area contributed by atoms with E-state index in [9.17, 15) is 4.39 Å². The van der Waals surface area contributed by atoms with Gasteiger partial charge in [-0.05, 0) is 38.5 Å². The van der Waals surface area contributed by atoms with Gasteiger partial charge in [-0.2, -0.15) is 0 Å². The fraction of sp³-hybridized carbons (Fsp3) is 0.455. The molecule has 0 spiro atoms. The highest BCUT2D eigenvalue weighted by Crippen LogP contribution is 2.27. The fourth-order valence-corrected chi connectivity index (χ4v) is 1.41. The summed E-state index contributed by atoms with van der Waals surface area (Å²) < 4.78 is 13.3. The number of aliphatic hydroxyl groups excluding tert-OH is 1. The second-order valence-corrected chi connectivity index (χ2v) is 4.66. The zero-order valence-electron chi connectivity index (χ0n) is 9.06. The molecular formula is C11H15ClFNO. The van der Waals surface area contributed by atoms with E-state index in [0.717, 1.165) is 0 Å². The number of rotatable bonds is 3. The van der Waals surface area contributed by atoms with Gasteiger partial charge in [0.1, 0.15) is 5.82 Å². The van der Waals surface area contributed by atoms with Gasteiger partial charge in [-0.25, -0.2) is 4.39 Å². The average molecular weight is 232 g/mol. The number of aryl methyl sites for hydroxylation is 1. The van der Waals surface area contributed by atoms with E-state index in [4.69, 9.17) is 16.7 Å². The molecule has 0 saturated carbocycles. The van der Waals surface area contributed by atoms with Crippen LogP contribution in [0.1, 0.15) is 19.4 Å². The highest BCUT2D eigenvalue weighted by molar-refractivity contribution is 6.33. The SMILES string of the molecule is Cc1cc(Cl)c(NC(C)(C)CO)cc1F. The summed E-state index contributed by atoms with van der Waals surface area (Å²) in [5, 5.41) is 12.5. The van der Waals surface area contributed by atoms with Crippen molar-refractivity contribution in [1.29, 1.82) is 0 Å². The predicted molar refractivity (Wildman–Crippen MR) is 60.9 cm³/mol. The molecule has 1 aromatic rings. The molecule has 1 aromatic carbocycles. The maximum Gasteiger partial charge on any atom is 0.128 e. The summed E-state index contributed by atoms with van der Waals surface area (Å²) in [7, 11) is 0. The second kappa shape index (κ2) is 4.37. The van der Waals surface area contributed by atoms with E-state index in [2.05, 4.69) is 5.32 Å². The van der Waals surface area contributed by atoms with Crippen molar-refractivity contribution in [2.45, 2.75) is 26.3 Å². The third-order valence-electron chi connectivity index (χ3n) is 2.12. The van der Waals surface area contributed by atoms with Crippen molar-refractivity contribution < 1.29 is 9.50 Å². The van der Waals surface area contributed by atoms with Crippen LogP contribution in [-0.2, 0) is 0 Å². The zero-order valence-corrected chi connectivity index (χ0v) is 9.82. The standard InChI is InChI=1S/C11H15ClFNO/c1-7-4-8(12)10(5-9(7)13)14-11(2,3)6-15/h4-5,14-15H,6H2,1-3H3. The van der Waals surface area contributed by atoms with Gasteiger partial charge in [0.15, 0.2) is 0 Å². The molecule has 0 unspecified atom stereocenters. The first-order chi connectivity index (χ1) is 6.85. The summed E-state index contributed by atoms with van der Waals surface area (Å²) in [6.45, 7) is 5.21. The molecule has 0 heterocycles. The fourth-order valence-electron chi connectivity index (χ4n) is 1.15. The Kier molecular flexibility index (Phi) is 3.58. The summed E-state index contributed by atoms with van der Waals surface area (Å²) >= 11 is 5.95. The molecule has 0 bridgehead atoms. The Morgan fingerprint density at radius 2 is 2.07 bits per heavy atom. The summed E-state index contributed by atoms with van der Waals surface area (Å²) in [6, 6.07) is 2.90. The van der Waals surface area contributed by atoms with Crippen LogP contribution >= 0.6 is 11.6 Å². The van der Waals surface area contributed by atoms with Gasteiger partial charge in [0.2, 0.25) is 0 Å². The molecule has 0 radical (unpaired) electrons. The van der Waals surface area contributed by atoms with Gasteiger partial charge < -0.3 is 10.4 Å². The molecule has 2 N–H and O–H groups in total. The molecule has 0 fully saturated rings. The number of benzene rings is 1. The predicted octanol–water partition coefficient (Wildman–Crippen LogP) is 2.97. The third-order valence-corrected chi connectivity index (χ3v) is 2.43. The highest BCUT2D eigenvalue weighted by Gasteiger charge is 2.17. The Morgan fingerprint density at radius 3 is 2.60 bits per heavy atom. The number of hydrogen-bond acceptors (Lipinski definition) is 2. The van der Waals surface area contributed by atoms with Crippen molar-refractivity contribution >= 4 is 17.3 Å². The molecule has 0 amide bonds. The molecule has 0 aliphatic rings. The van der Waals surface area contributed by atoms with E-state index in [0.29, 0.717) is 16.3 Å². The van der Waals surface area contributed by atoms with Crippen LogP contribution in [0.25, 0.3) is 0 Å². The van der Waals surface area contributed by atoms with Crippen LogP contribution in [0, 0.1) is 12.7 Å². The topological polar surface area (TPSA) is 32.3 Å². The number of halogens is 2. The van der Waals surface area contributed by atoms with E-state index < -0.39 is 5.54 Å². The zero-order chi connectivity index (χ0) is 11.6. The Hall–Kier alpha value is -0.800. The van der Waals surface area contributed by atoms with E-state index in [1.807, 2.05) is 0 Å². The van der Waals surface area contributed by atoms with Crippen LogP contribution in [-0.4, -0.2) is 17.3 Å². The van der Waals surface area contributed by atoms with Gasteiger partial charge in [-0.15, -0.1) is 0 Å². The minimum absolute atomic E-state index is 0.0567. The summed E-state index contributed by atoms with van der Waals surface area (Å²) in [6.07, 6.45) is 0. The van der Waals surface area contributed by atoms with Gasteiger partial charge in [-0.1, -0.05) is 11.6 Å². The van der Waals surface area contributed by atoms with Crippen LogP contribution in [0.5, 0.6) is 0 Å². The molecule has 0 aliphatic carbocycles. The largest absolute Gasteiger partial charge is 0.394 e. The smallest absolute Gasteiger partial charge is 0.128 e. The van der Waals surface area contributed by atoms with Crippen molar-refractivity contribution in [2.24, 2.45) is 0 Å². The van der Waals surface area contributed by atoms with Gasteiger partial charge in [0, 0.05) is 0 Å². The highest BCUT2D eigenvalue weighted by atomic mass is 35.5. The van der Waals surface area contributed by atoms with Crippen molar-refractivity contribution in [1.82, 2.24) is 0 Å². The summed E-state index contributed by atoms with van der Waals surface area (Å²) in [5.41, 5.74) is 0.483. The molecule has 0 saturated heterocycles. The molecule has 2 nitrogen and oxygen atoms in total. The van der Waals surface area contributed by atoms with E-state index >= 15 is 0 Å². The normalized spacial score (nSPS) is 11.6. The minimum atomic E-state index is -0.522. The quantitative estimate of drug-likeness (QED) is 0.838. The Balaban J connectivity index is 3.01. The van der Waals surface area contributed by atoms with Gasteiger partial charge >= 0.3 is 0 Å². The lowest BCUT2D eigenvalue weighted by Crippen LogP contribution is -2.35. The van der Waals surface area contributed by atoms with Crippen molar-refractivity contribution in [3.8, 4) is 0 Å². The van der Waals surface area contributed by atoms with Crippen molar-refractivity contribution in [3.63, 3.8) is 0 Å². The molecule has 0 atom stereocenters. The van der Waals surface area contributed by atoms with E-state index in [1.54, 1.807) is 26.8 Å². The van der Waals surface area contributed by atoms with Crippen LogP contribution in [0.4, 0.5) is 10.1 Å². The van der Waals surface area contributed by atoms with Crippen LogP contribution in [0.2, 0.25) is 5.02 Å². The van der Waals surface area contributed by atoms with E-state index in [-0.39, 0.29) is 12.4 Å². The van der Waals surface area contributed by atoms with Crippen molar-refractivity contribution in [3.05, 3.63) is 28.5 Å². The number of anilines is 1. The Morgan fingerprint density at radius 1 is 1.47 bits per heavy atom. The van der Waals surface area contributed by atoms with Gasteiger partial charge in [0.05, 0.1) is 22.9 Å². The number of nitrogens with one attached hydrogen (secondary N) is 1. The molecule has 4 heteroatoms. The molecule has 0 aromatic heterocycles. The molecule has 15 heavy (non-hydrogen) atoms. The monoisotopic (exact) mass is 231 g/mol. The second-order valence-electron chi connectivity index (χ2n) is 4.25. The summed E-state index contributed by atoms with van der Waals surface area (Å²) in [4.78, 5) is 0. The first-order valence-corrected chi connectivity index (χ1v) is 5.08. The van der Waals surface area contributed by atoms with Crippen LogP contribution in [0.15, 0.2) is 12.1 Å². The Bertz CT molecular complexity index is 366. The lowest BCUT2D eigenvalue weighted by molar-refractivity contribution is 0.234. The molecular weight excluding hydrogens is 217 g/mol. The number of hydrogen-bond donors (Lipinski definition) is 2. The number of aliphatic hydroxyl groups is 1. The van der Waals surface area contributed by atoms with Gasteiger partial charge in [-0.3, -0.25) is 0 Å². The molecule has 0 aliphatic heterocycles. The third kappa shape index (κ3) is 3.08. The van der Waals surface area contributed by atoms with Crippen LogP contribution in [0.3, 0.4) is 0 Å². The lowest BCUT2D eigenvalue weighted by atomic mass is 10.1. The Labute approximate surface area is 94.1 Å². The maximum absolute atomic E-state index is 13.3. The van der Waals surface area contributed by atoms with Crippen molar-refractivity contribution in [2.75, 3.05) is 11.9 Å². The maximum atomic E-state index is 13.3. The van der Waals surface area contributed by atoms with Gasteiger partial charge in [0.25, 0.3) is 0 Å².